The second-order valence-corrected chi connectivity index (χ2v) is 6.71. The number of hydrogen-bond acceptors (Lipinski definition) is 4. The number of amides is 1. The smallest absolute Gasteiger partial charge is 0.276 e. The molecule has 1 amide bonds. The molecule has 2 heterocycles. The standard InChI is InChI=1S/C20H16ClN5O2/c1-12-14(21)9-6-10-16(12)25(2)19(28)15-11-17(27)26-20(22-15)23-18(24-26)13-7-4-3-5-8-13/h3-11H,1-2H3,(H,22,23,24). The van der Waals surface area contributed by atoms with E-state index in [2.05, 4.69) is 15.1 Å². The summed E-state index contributed by atoms with van der Waals surface area (Å²) >= 11 is 6.15. The predicted octanol–water partition coefficient (Wildman–Crippen LogP) is 3.32. The van der Waals surface area contributed by atoms with Crippen LogP contribution in [0.2, 0.25) is 5.02 Å². The zero-order chi connectivity index (χ0) is 19.8. The van der Waals surface area contributed by atoms with E-state index < -0.39 is 11.5 Å². The van der Waals surface area contributed by atoms with Gasteiger partial charge in [-0.1, -0.05) is 48.0 Å². The molecule has 0 aliphatic heterocycles. The summed E-state index contributed by atoms with van der Waals surface area (Å²) in [5, 5.41) is 3.47. The van der Waals surface area contributed by atoms with Crippen LogP contribution in [0.15, 0.2) is 59.4 Å². The summed E-state index contributed by atoms with van der Waals surface area (Å²) < 4.78 is 1.21. The Bertz CT molecular complexity index is 1250. The van der Waals surface area contributed by atoms with Crippen molar-refractivity contribution in [3.8, 4) is 11.4 Å². The van der Waals surface area contributed by atoms with Gasteiger partial charge in [0.2, 0.25) is 0 Å². The zero-order valence-corrected chi connectivity index (χ0v) is 15.9. The number of fused-ring (bicyclic) bond motifs is 1. The molecule has 0 radical (unpaired) electrons. The first-order chi connectivity index (χ1) is 13.5. The minimum absolute atomic E-state index is 0.0120. The Morgan fingerprint density at radius 1 is 1.11 bits per heavy atom. The van der Waals surface area contributed by atoms with Gasteiger partial charge in [0, 0.05) is 29.4 Å². The van der Waals surface area contributed by atoms with Crippen LogP contribution in [0.5, 0.6) is 0 Å². The highest BCUT2D eigenvalue weighted by Gasteiger charge is 2.20. The van der Waals surface area contributed by atoms with Crippen LogP contribution in [0.25, 0.3) is 17.2 Å². The highest BCUT2D eigenvalue weighted by molar-refractivity contribution is 6.31. The summed E-state index contributed by atoms with van der Waals surface area (Å²) in [5.74, 6) is 0.203. The lowest BCUT2D eigenvalue weighted by Crippen LogP contribution is -2.30. The van der Waals surface area contributed by atoms with Crippen molar-refractivity contribution >= 4 is 29.0 Å². The van der Waals surface area contributed by atoms with Gasteiger partial charge in [0.1, 0.15) is 5.69 Å². The molecular formula is C20H16ClN5O2. The molecule has 0 bridgehead atoms. The lowest BCUT2D eigenvalue weighted by atomic mass is 10.2. The maximum Gasteiger partial charge on any atom is 0.276 e. The third-order valence-corrected chi connectivity index (χ3v) is 4.91. The summed E-state index contributed by atoms with van der Waals surface area (Å²) in [6, 6.07) is 15.9. The lowest BCUT2D eigenvalue weighted by molar-refractivity contribution is 0.0988. The average molecular weight is 394 g/mol. The van der Waals surface area contributed by atoms with E-state index in [4.69, 9.17) is 11.6 Å². The van der Waals surface area contributed by atoms with Crippen LogP contribution < -0.4 is 10.5 Å². The lowest BCUT2D eigenvalue weighted by Gasteiger charge is -2.19. The highest BCUT2D eigenvalue weighted by Crippen LogP contribution is 2.26. The molecule has 8 heteroatoms. The molecule has 0 fully saturated rings. The molecule has 0 saturated carbocycles. The van der Waals surface area contributed by atoms with Gasteiger partial charge in [-0.25, -0.2) is 4.98 Å². The molecule has 4 aromatic rings. The molecule has 0 atom stereocenters. The van der Waals surface area contributed by atoms with Crippen LogP contribution >= 0.6 is 11.6 Å². The maximum atomic E-state index is 12.9. The molecule has 0 aliphatic carbocycles. The van der Waals surface area contributed by atoms with Crippen molar-refractivity contribution < 1.29 is 4.79 Å². The molecule has 0 saturated heterocycles. The predicted molar refractivity (Wildman–Crippen MR) is 108 cm³/mol. The number of carbonyl (C=O) groups excluding carboxylic acids is 1. The maximum absolute atomic E-state index is 12.9. The van der Waals surface area contributed by atoms with Crippen molar-refractivity contribution in [1.82, 2.24) is 19.6 Å². The van der Waals surface area contributed by atoms with Gasteiger partial charge in [-0.15, -0.1) is 0 Å². The Morgan fingerprint density at radius 2 is 1.86 bits per heavy atom. The fourth-order valence-electron chi connectivity index (χ4n) is 2.96. The van der Waals surface area contributed by atoms with E-state index in [1.807, 2.05) is 37.3 Å². The van der Waals surface area contributed by atoms with E-state index in [1.165, 1.54) is 15.5 Å². The normalized spacial score (nSPS) is 11.0. The van der Waals surface area contributed by atoms with Gasteiger partial charge in [0.25, 0.3) is 17.2 Å². The Labute approximate surface area is 165 Å². The Kier molecular flexibility index (Phi) is 4.44. The summed E-state index contributed by atoms with van der Waals surface area (Å²) in [6.07, 6.45) is 0. The number of benzene rings is 2. The molecule has 4 rings (SSSR count). The first-order valence-electron chi connectivity index (χ1n) is 8.54. The van der Waals surface area contributed by atoms with Gasteiger partial charge >= 0.3 is 0 Å². The van der Waals surface area contributed by atoms with Gasteiger partial charge in [0.05, 0.1) is 0 Å². The number of H-pyrrole nitrogens is 1. The van der Waals surface area contributed by atoms with E-state index in [1.54, 1.807) is 25.2 Å². The Hall–Kier alpha value is -3.45. The summed E-state index contributed by atoms with van der Waals surface area (Å²) in [5.41, 5.74) is 1.82. The minimum Gasteiger partial charge on any atom is -0.310 e. The summed E-state index contributed by atoms with van der Waals surface area (Å²) in [6.45, 7) is 1.83. The fourth-order valence-corrected chi connectivity index (χ4v) is 3.13. The molecule has 0 unspecified atom stereocenters. The van der Waals surface area contributed by atoms with Crippen LogP contribution in [0.4, 0.5) is 5.69 Å². The van der Waals surface area contributed by atoms with Crippen molar-refractivity contribution in [3.05, 3.63) is 81.2 Å². The monoisotopic (exact) mass is 393 g/mol. The molecular weight excluding hydrogens is 378 g/mol. The number of rotatable bonds is 3. The first kappa shape index (κ1) is 17.9. The number of carbonyl (C=O) groups is 1. The summed E-state index contributed by atoms with van der Waals surface area (Å²) in [7, 11) is 1.62. The third kappa shape index (κ3) is 3.05. The van der Waals surface area contributed by atoms with E-state index in [-0.39, 0.29) is 11.5 Å². The van der Waals surface area contributed by atoms with Crippen LogP contribution in [-0.4, -0.2) is 32.5 Å². The van der Waals surface area contributed by atoms with E-state index in [0.717, 1.165) is 11.1 Å². The van der Waals surface area contributed by atoms with E-state index >= 15 is 0 Å². The SMILES string of the molecule is Cc1c(Cl)cccc1N(C)C(=O)c1cc(=O)n2[nH]c(-c3ccccc3)nc2n1. The third-order valence-electron chi connectivity index (χ3n) is 4.50. The molecule has 2 aromatic heterocycles. The van der Waals surface area contributed by atoms with Gasteiger partial charge in [-0.05, 0) is 24.6 Å². The van der Waals surface area contributed by atoms with E-state index in [0.29, 0.717) is 16.5 Å². The molecule has 2 aromatic carbocycles. The van der Waals surface area contributed by atoms with Crippen molar-refractivity contribution in [2.24, 2.45) is 0 Å². The van der Waals surface area contributed by atoms with Crippen molar-refractivity contribution in [2.45, 2.75) is 6.92 Å². The first-order valence-corrected chi connectivity index (χ1v) is 8.92. The second-order valence-electron chi connectivity index (χ2n) is 6.30. The summed E-state index contributed by atoms with van der Waals surface area (Å²) in [4.78, 5) is 35.5. The topological polar surface area (TPSA) is 83.4 Å². The number of anilines is 1. The number of aromatic amines is 1. The van der Waals surface area contributed by atoms with Gasteiger partial charge in [-0.3, -0.25) is 14.7 Å². The number of halogens is 1. The number of nitrogens with one attached hydrogen (secondary N) is 1. The van der Waals surface area contributed by atoms with E-state index in [9.17, 15) is 9.59 Å². The number of hydrogen-bond donors (Lipinski definition) is 1. The van der Waals surface area contributed by atoms with Gasteiger partial charge < -0.3 is 4.90 Å². The minimum atomic E-state index is -0.422. The van der Waals surface area contributed by atoms with Gasteiger partial charge in [0.15, 0.2) is 5.82 Å². The molecule has 28 heavy (non-hydrogen) atoms. The largest absolute Gasteiger partial charge is 0.310 e. The molecule has 140 valence electrons. The van der Waals surface area contributed by atoms with Crippen molar-refractivity contribution in [1.29, 1.82) is 0 Å². The quantitative estimate of drug-likeness (QED) is 0.578. The molecule has 7 nitrogen and oxygen atoms in total. The van der Waals surface area contributed by atoms with Crippen LogP contribution in [0.1, 0.15) is 16.1 Å². The van der Waals surface area contributed by atoms with Gasteiger partial charge in [-0.2, -0.15) is 9.50 Å². The molecule has 1 N–H and O–H groups in total. The number of aromatic nitrogens is 4. The fraction of sp³-hybridized carbons (Fsp3) is 0.100. The van der Waals surface area contributed by atoms with Crippen LogP contribution in [0.3, 0.4) is 0 Å². The molecule has 0 aliphatic rings. The number of nitrogens with zero attached hydrogens (tertiary/aromatic N) is 4. The van der Waals surface area contributed by atoms with Crippen molar-refractivity contribution in [3.63, 3.8) is 0 Å². The van der Waals surface area contributed by atoms with Crippen LogP contribution in [-0.2, 0) is 0 Å². The van der Waals surface area contributed by atoms with Crippen molar-refractivity contribution in [2.75, 3.05) is 11.9 Å². The average Bonchev–Trinajstić information content (AvgIpc) is 3.14. The Morgan fingerprint density at radius 3 is 2.61 bits per heavy atom. The highest BCUT2D eigenvalue weighted by atomic mass is 35.5. The second kappa shape index (κ2) is 6.94. The van der Waals surface area contributed by atoms with Crippen LogP contribution in [0, 0.1) is 6.92 Å². The Balaban J connectivity index is 1.76. The molecule has 0 spiro atoms. The zero-order valence-electron chi connectivity index (χ0n) is 15.2.